The first-order chi connectivity index (χ1) is 14.5. The van der Waals surface area contributed by atoms with Gasteiger partial charge in [-0.2, -0.15) is 0 Å². The predicted octanol–water partition coefficient (Wildman–Crippen LogP) is 2.63. The van der Waals surface area contributed by atoms with Crippen LogP contribution in [0.1, 0.15) is 38.9 Å². The van der Waals surface area contributed by atoms with Crippen molar-refractivity contribution in [1.82, 2.24) is 25.0 Å². The van der Waals surface area contributed by atoms with E-state index in [1.54, 1.807) is 30.9 Å². The maximum Gasteiger partial charge on any atom is 0.347 e. The Morgan fingerprint density at radius 3 is 2.67 bits per heavy atom. The van der Waals surface area contributed by atoms with Gasteiger partial charge < -0.3 is 15.6 Å². The van der Waals surface area contributed by atoms with Crippen molar-refractivity contribution >= 4 is 29.5 Å². The third kappa shape index (κ3) is 5.56. The molecule has 1 saturated heterocycles. The number of aromatic nitrogens is 5. The molecule has 1 fully saturated rings. The van der Waals surface area contributed by atoms with Crippen LogP contribution in [0.3, 0.4) is 0 Å². The molecule has 0 amide bonds. The fourth-order valence-corrected chi connectivity index (χ4v) is 3.60. The molecule has 4 heterocycles. The van der Waals surface area contributed by atoms with Crippen molar-refractivity contribution in [1.29, 1.82) is 0 Å². The maximum atomic E-state index is 11.1. The second-order valence-corrected chi connectivity index (χ2v) is 7.75. The van der Waals surface area contributed by atoms with E-state index >= 15 is 0 Å². The van der Waals surface area contributed by atoms with Gasteiger partial charge >= 0.3 is 5.97 Å². The standard InChI is InChI=1S/C15H13N5O2S.C5H11NO/c1-9-14(15(21)22)23-12(17-9)7-6-11-13(18-19-20(11)2)10-5-3-4-8-16-10;6-5-1-3-7-4-2-5/h3-8H,1-2H3,(H,21,22);5H,1-4,6H2/b7-6+;. The van der Waals surface area contributed by atoms with E-state index in [0.29, 0.717) is 22.4 Å². The normalized spacial score (nSPS) is 14.5. The van der Waals surface area contributed by atoms with Gasteiger partial charge in [0, 0.05) is 32.5 Å². The van der Waals surface area contributed by atoms with Crippen LogP contribution in [0.5, 0.6) is 0 Å². The number of carboxylic acid groups (broad SMARTS) is 1. The summed E-state index contributed by atoms with van der Waals surface area (Å²) in [4.78, 5) is 19.9. The van der Waals surface area contributed by atoms with Crippen molar-refractivity contribution in [3.05, 3.63) is 45.7 Å². The lowest BCUT2D eigenvalue weighted by molar-refractivity contribution is 0.0701. The highest BCUT2D eigenvalue weighted by atomic mass is 32.1. The van der Waals surface area contributed by atoms with E-state index < -0.39 is 5.97 Å². The van der Waals surface area contributed by atoms with Crippen LogP contribution in [0.4, 0.5) is 0 Å². The molecule has 0 aliphatic carbocycles. The summed E-state index contributed by atoms with van der Waals surface area (Å²) >= 11 is 1.13. The van der Waals surface area contributed by atoms with Gasteiger partial charge in [-0.3, -0.25) is 4.98 Å². The van der Waals surface area contributed by atoms with Crippen molar-refractivity contribution in [2.75, 3.05) is 13.2 Å². The van der Waals surface area contributed by atoms with E-state index in [1.807, 2.05) is 24.3 Å². The number of thiazole rings is 1. The minimum atomic E-state index is -0.962. The number of carboxylic acids is 1. The van der Waals surface area contributed by atoms with Crippen LogP contribution >= 0.6 is 11.3 Å². The average Bonchev–Trinajstić information content (AvgIpc) is 3.30. The number of pyridine rings is 1. The molecule has 10 heteroatoms. The van der Waals surface area contributed by atoms with Gasteiger partial charge in [0.2, 0.25) is 0 Å². The summed E-state index contributed by atoms with van der Waals surface area (Å²) in [6, 6.07) is 5.99. The van der Waals surface area contributed by atoms with Gasteiger partial charge in [0.25, 0.3) is 0 Å². The molecule has 0 bridgehead atoms. The second kappa shape index (κ2) is 10.2. The number of hydrogen-bond donors (Lipinski definition) is 2. The van der Waals surface area contributed by atoms with Crippen LogP contribution in [0.25, 0.3) is 23.5 Å². The molecule has 3 aromatic rings. The van der Waals surface area contributed by atoms with Gasteiger partial charge in [-0.15, -0.1) is 16.4 Å². The topological polar surface area (TPSA) is 129 Å². The van der Waals surface area contributed by atoms with Crippen molar-refractivity contribution in [3.8, 4) is 11.4 Å². The Kier molecular flexibility index (Phi) is 7.39. The number of aromatic carboxylic acids is 1. The van der Waals surface area contributed by atoms with Gasteiger partial charge in [0.15, 0.2) is 0 Å². The zero-order valence-electron chi connectivity index (χ0n) is 16.9. The third-order valence-electron chi connectivity index (χ3n) is 4.43. The smallest absolute Gasteiger partial charge is 0.347 e. The largest absolute Gasteiger partial charge is 0.477 e. The Balaban J connectivity index is 0.000000310. The molecule has 158 valence electrons. The van der Waals surface area contributed by atoms with Crippen molar-refractivity contribution in [3.63, 3.8) is 0 Å². The lowest BCUT2D eigenvalue weighted by Gasteiger charge is -2.16. The Bertz CT molecular complexity index is 1010. The van der Waals surface area contributed by atoms with Crippen LogP contribution in [0.15, 0.2) is 24.4 Å². The summed E-state index contributed by atoms with van der Waals surface area (Å²) in [5, 5.41) is 17.9. The Hall–Kier alpha value is -2.95. The van der Waals surface area contributed by atoms with Gasteiger partial charge in [-0.1, -0.05) is 11.3 Å². The van der Waals surface area contributed by atoms with E-state index in [4.69, 9.17) is 15.6 Å². The van der Waals surface area contributed by atoms with Gasteiger partial charge in [-0.25, -0.2) is 14.5 Å². The van der Waals surface area contributed by atoms with E-state index in [1.165, 1.54) is 0 Å². The molecule has 0 spiro atoms. The number of nitrogens with two attached hydrogens (primary N) is 1. The van der Waals surface area contributed by atoms with Crippen LogP contribution in [-0.2, 0) is 11.8 Å². The van der Waals surface area contributed by atoms with Crippen LogP contribution in [-0.4, -0.2) is 55.3 Å². The summed E-state index contributed by atoms with van der Waals surface area (Å²) < 4.78 is 6.70. The summed E-state index contributed by atoms with van der Waals surface area (Å²) in [7, 11) is 1.79. The van der Waals surface area contributed by atoms with E-state index in [2.05, 4.69) is 20.3 Å². The van der Waals surface area contributed by atoms with Gasteiger partial charge in [-0.05, 0) is 44.1 Å². The molecule has 3 N–H and O–H groups in total. The minimum Gasteiger partial charge on any atom is -0.477 e. The van der Waals surface area contributed by atoms with Crippen LogP contribution < -0.4 is 5.73 Å². The Labute approximate surface area is 178 Å². The molecular weight excluding hydrogens is 404 g/mol. The fourth-order valence-electron chi connectivity index (χ4n) is 2.79. The number of nitrogens with zero attached hydrogens (tertiary/aromatic N) is 5. The SMILES string of the molecule is Cc1nc(/C=C/c2c(-c3ccccn3)nnn2C)sc1C(=O)O.NC1CCOCC1. The molecule has 30 heavy (non-hydrogen) atoms. The molecule has 9 nitrogen and oxygen atoms in total. The maximum absolute atomic E-state index is 11.1. The quantitative estimate of drug-likeness (QED) is 0.649. The lowest BCUT2D eigenvalue weighted by atomic mass is 10.1. The highest BCUT2D eigenvalue weighted by Crippen LogP contribution is 2.23. The first-order valence-corrected chi connectivity index (χ1v) is 10.3. The molecule has 0 radical (unpaired) electrons. The number of aryl methyl sites for hydroxylation is 2. The summed E-state index contributed by atoms with van der Waals surface area (Å²) in [5.41, 5.74) is 8.22. The summed E-state index contributed by atoms with van der Waals surface area (Å²) in [6.45, 7) is 3.41. The fraction of sp³-hybridized carbons (Fsp3) is 0.350. The second-order valence-electron chi connectivity index (χ2n) is 6.72. The molecule has 0 atom stereocenters. The van der Waals surface area contributed by atoms with Crippen LogP contribution in [0.2, 0.25) is 0 Å². The Morgan fingerprint density at radius 1 is 1.33 bits per heavy atom. The molecule has 1 aliphatic rings. The molecule has 0 aromatic carbocycles. The molecule has 4 rings (SSSR count). The first kappa shape index (κ1) is 21.8. The molecular formula is C20H24N6O3S. The van der Waals surface area contributed by atoms with Crippen molar-refractivity contribution in [2.45, 2.75) is 25.8 Å². The van der Waals surface area contributed by atoms with E-state index in [9.17, 15) is 4.79 Å². The molecule has 1 aliphatic heterocycles. The highest BCUT2D eigenvalue weighted by Gasteiger charge is 2.14. The van der Waals surface area contributed by atoms with Crippen molar-refractivity contribution < 1.29 is 14.6 Å². The molecule has 3 aromatic heterocycles. The number of carbonyl (C=O) groups is 1. The summed E-state index contributed by atoms with van der Waals surface area (Å²) in [5.74, 6) is -0.962. The van der Waals surface area contributed by atoms with Crippen molar-refractivity contribution in [2.24, 2.45) is 12.8 Å². The predicted molar refractivity (Wildman–Crippen MR) is 115 cm³/mol. The zero-order valence-corrected chi connectivity index (χ0v) is 17.7. The number of rotatable bonds is 4. The first-order valence-electron chi connectivity index (χ1n) is 9.49. The van der Waals surface area contributed by atoms with Gasteiger partial charge in [0.05, 0.1) is 17.1 Å². The van der Waals surface area contributed by atoms with E-state index in [0.717, 1.165) is 48.8 Å². The lowest BCUT2D eigenvalue weighted by Crippen LogP contribution is -2.28. The number of hydrogen-bond acceptors (Lipinski definition) is 8. The highest BCUT2D eigenvalue weighted by molar-refractivity contribution is 7.14. The third-order valence-corrected chi connectivity index (χ3v) is 5.55. The molecule has 0 unspecified atom stereocenters. The van der Waals surface area contributed by atoms with Crippen LogP contribution in [0, 0.1) is 6.92 Å². The minimum absolute atomic E-state index is 0.248. The molecule has 0 saturated carbocycles. The average molecular weight is 429 g/mol. The van der Waals surface area contributed by atoms with E-state index in [-0.39, 0.29) is 4.88 Å². The monoisotopic (exact) mass is 428 g/mol. The Morgan fingerprint density at radius 2 is 2.10 bits per heavy atom. The zero-order chi connectivity index (χ0) is 21.5. The van der Waals surface area contributed by atoms with Gasteiger partial charge in [0.1, 0.15) is 15.6 Å². The summed E-state index contributed by atoms with van der Waals surface area (Å²) in [6.07, 6.45) is 7.35. The number of ether oxygens (including phenoxy) is 1.